The van der Waals surface area contributed by atoms with Gasteiger partial charge in [0.2, 0.25) is 11.9 Å². The Morgan fingerprint density at radius 3 is 2.73 bits per heavy atom. The normalized spacial score (nSPS) is 14.9. The molecule has 0 spiro atoms. The van der Waals surface area contributed by atoms with Crippen LogP contribution in [0.2, 0.25) is 0 Å². The molecule has 0 bridgehead atoms. The van der Waals surface area contributed by atoms with Gasteiger partial charge in [-0.3, -0.25) is 14.7 Å². The summed E-state index contributed by atoms with van der Waals surface area (Å²) in [7, 11) is 1.74. The summed E-state index contributed by atoms with van der Waals surface area (Å²) < 4.78 is 21.0. The first-order valence-corrected chi connectivity index (χ1v) is 9.58. The SMILES string of the molecule is Cc1cnn(C)c1-c1nc(N2CCC(C(=O)N(O)Cc3cnco3)CC2)ncc1F. The Morgan fingerprint density at radius 2 is 2.10 bits per heavy atom. The summed E-state index contributed by atoms with van der Waals surface area (Å²) >= 11 is 0. The molecule has 3 aromatic heterocycles. The van der Waals surface area contributed by atoms with Crippen LogP contribution < -0.4 is 4.90 Å². The Morgan fingerprint density at radius 1 is 1.33 bits per heavy atom. The van der Waals surface area contributed by atoms with E-state index in [1.807, 2.05) is 11.8 Å². The molecule has 10 nitrogen and oxygen atoms in total. The number of rotatable bonds is 5. The minimum Gasteiger partial charge on any atom is -0.447 e. The van der Waals surface area contributed by atoms with Gasteiger partial charge in [-0.2, -0.15) is 5.10 Å². The number of hydrogen-bond acceptors (Lipinski definition) is 8. The number of hydrogen-bond donors (Lipinski definition) is 1. The van der Waals surface area contributed by atoms with E-state index in [9.17, 15) is 14.4 Å². The molecule has 0 atom stereocenters. The minimum atomic E-state index is -0.515. The fourth-order valence-electron chi connectivity index (χ4n) is 3.65. The number of aromatic nitrogens is 5. The Balaban J connectivity index is 1.43. The van der Waals surface area contributed by atoms with Crippen LogP contribution in [0.5, 0.6) is 0 Å². The zero-order valence-electron chi connectivity index (χ0n) is 16.7. The summed E-state index contributed by atoms with van der Waals surface area (Å²) in [6.07, 6.45) is 6.56. The van der Waals surface area contributed by atoms with Crippen LogP contribution in [0.1, 0.15) is 24.2 Å². The molecule has 158 valence electrons. The van der Waals surface area contributed by atoms with E-state index in [2.05, 4.69) is 20.1 Å². The van der Waals surface area contributed by atoms with E-state index < -0.39 is 5.82 Å². The standard InChI is InChI=1S/C19H22FN7O3/c1-12-7-23-25(2)17(12)16-15(20)9-22-19(24-16)26-5-3-13(4-6-26)18(28)27(29)10-14-8-21-11-30-14/h7-9,11,13,29H,3-6,10H2,1-2H3. The van der Waals surface area contributed by atoms with Crippen LogP contribution in [0.3, 0.4) is 0 Å². The molecule has 0 aromatic carbocycles. The molecule has 0 unspecified atom stereocenters. The fourth-order valence-corrected chi connectivity index (χ4v) is 3.65. The molecule has 4 heterocycles. The second-order valence-corrected chi connectivity index (χ2v) is 7.29. The lowest BCUT2D eigenvalue weighted by Gasteiger charge is -2.32. The minimum absolute atomic E-state index is 0.0481. The molecule has 1 aliphatic heterocycles. The first-order valence-electron chi connectivity index (χ1n) is 9.58. The Labute approximate surface area is 171 Å². The van der Waals surface area contributed by atoms with Gasteiger partial charge in [0, 0.05) is 26.1 Å². The molecule has 0 aliphatic carbocycles. The number of amides is 1. The number of hydroxylamine groups is 2. The van der Waals surface area contributed by atoms with Crippen molar-refractivity contribution in [3.05, 3.63) is 42.1 Å². The highest BCUT2D eigenvalue weighted by Gasteiger charge is 2.30. The monoisotopic (exact) mass is 415 g/mol. The summed E-state index contributed by atoms with van der Waals surface area (Å²) in [5.41, 5.74) is 1.62. The van der Waals surface area contributed by atoms with Crippen LogP contribution in [0.15, 0.2) is 29.4 Å². The molecule has 11 heteroatoms. The van der Waals surface area contributed by atoms with Gasteiger partial charge >= 0.3 is 0 Å². The van der Waals surface area contributed by atoms with Crippen LogP contribution in [0.4, 0.5) is 10.3 Å². The predicted molar refractivity (Wildman–Crippen MR) is 103 cm³/mol. The summed E-state index contributed by atoms with van der Waals surface area (Å²) in [4.78, 5) is 26.7. The van der Waals surface area contributed by atoms with Gasteiger partial charge in [0.25, 0.3) is 0 Å². The van der Waals surface area contributed by atoms with Crippen LogP contribution in [-0.4, -0.2) is 54.0 Å². The van der Waals surface area contributed by atoms with Gasteiger partial charge in [0.15, 0.2) is 12.2 Å². The van der Waals surface area contributed by atoms with Gasteiger partial charge in [0.05, 0.1) is 24.3 Å². The molecule has 1 saturated heterocycles. The van der Waals surface area contributed by atoms with E-state index in [-0.39, 0.29) is 24.1 Å². The van der Waals surface area contributed by atoms with Gasteiger partial charge in [-0.1, -0.05) is 0 Å². The van der Waals surface area contributed by atoms with Crippen molar-refractivity contribution in [3.63, 3.8) is 0 Å². The van der Waals surface area contributed by atoms with Crippen LogP contribution in [-0.2, 0) is 18.4 Å². The molecule has 4 rings (SSSR count). The Kier molecular flexibility index (Phi) is 5.44. The highest BCUT2D eigenvalue weighted by Crippen LogP contribution is 2.27. The largest absolute Gasteiger partial charge is 0.447 e. The molecule has 1 N–H and O–H groups in total. The number of halogens is 1. The zero-order chi connectivity index (χ0) is 21.3. The van der Waals surface area contributed by atoms with Gasteiger partial charge in [-0.05, 0) is 25.3 Å². The number of carbonyl (C=O) groups excluding carboxylic acids is 1. The average molecular weight is 415 g/mol. The third-order valence-corrected chi connectivity index (χ3v) is 5.25. The lowest BCUT2D eigenvalue weighted by molar-refractivity contribution is -0.174. The van der Waals surface area contributed by atoms with Crippen molar-refractivity contribution in [2.45, 2.75) is 26.3 Å². The first kappa shape index (κ1) is 20.0. The molecule has 1 fully saturated rings. The number of aryl methyl sites for hydroxylation is 2. The summed E-state index contributed by atoms with van der Waals surface area (Å²) in [6, 6.07) is 0. The van der Waals surface area contributed by atoms with Crippen molar-refractivity contribution >= 4 is 11.9 Å². The molecule has 3 aromatic rings. The predicted octanol–water partition coefficient (Wildman–Crippen LogP) is 1.95. The van der Waals surface area contributed by atoms with Crippen LogP contribution in [0, 0.1) is 18.7 Å². The maximum atomic E-state index is 14.4. The van der Waals surface area contributed by atoms with E-state index in [0.29, 0.717) is 48.4 Å². The number of piperidine rings is 1. The number of oxazole rings is 1. The van der Waals surface area contributed by atoms with E-state index in [4.69, 9.17) is 4.42 Å². The second-order valence-electron chi connectivity index (χ2n) is 7.29. The molecule has 30 heavy (non-hydrogen) atoms. The number of carbonyl (C=O) groups is 1. The van der Waals surface area contributed by atoms with Crippen molar-refractivity contribution in [2.24, 2.45) is 13.0 Å². The van der Waals surface area contributed by atoms with Gasteiger partial charge in [0.1, 0.15) is 18.0 Å². The number of nitrogens with zero attached hydrogens (tertiary/aromatic N) is 7. The van der Waals surface area contributed by atoms with Gasteiger partial charge in [-0.15, -0.1) is 0 Å². The van der Waals surface area contributed by atoms with Crippen molar-refractivity contribution in [1.29, 1.82) is 0 Å². The van der Waals surface area contributed by atoms with E-state index >= 15 is 0 Å². The molecule has 1 amide bonds. The summed E-state index contributed by atoms with van der Waals surface area (Å²) in [5, 5.41) is 14.9. The lowest BCUT2D eigenvalue weighted by atomic mass is 9.96. The van der Waals surface area contributed by atoms with E-state index in [1.54, 1.807) is 17.9 Å². The first-order chi connectivity index (χ1) is 14.4. The van der Waals surface area contributed by atoms with Crippen molar-refractivity contribution in [1.82, 2.24) is 29.8 Å². The molecular formula is C19H22FN7O3. The van der Waals surface area contributed by atoms with Crippen LogP contribution in [0.25, 0.3) is 11.4 Å². The third-order valence-electron chi connectivity index (χ3n) is 5.25. The summed E-state index contributed by atoms with van der Waals surface area (Å²) in [6.45, 7) is 2.83. The maximum Gasteiger partial charge on any atom is 0.249 e. The Bertz CT molecular complexity index is 1010. The molecular weight excluding hydrogens is 393 g/mol. The maximum absolute atomic E-state index is 14.4. The zero-order valence-corrected chi connectivity index (χ0v) is 16.7. The van der Waals surface area contributed by atoms with Crippen LogP contribution >= 0.6 is 0 Å². The van der Waals surface area contributed by atoms with Crippen molar-refractivity contribution < 1.29 is 18.8 Å². The van der Waals surface area contributed by atoms with Crippen molar-refractivity contribution in [3.8, 4) is 11.4 Å². The fraction of sp³-hybridized carbons (Fsp3) is 0.421. The number of anilines is 1. The molecule has 1 aliphatic rings. The molecule has 0 saturated carbocycles. The lowest BCUT2D eigenvalue weighted by Crippen LogP contribution is -2.41. The highest BCUT2D eigenvalue weighted by atomic mass is 19.1. The second kappa shape index (κ2) is 8.19. The van der Waals surface area contributed by atoms with Crippen molar-refractivity contribution in [2.75, 3.05) is 18.0 Å². The molecule has 0 radical (unpaired) electrons. The average Bonchev–Trinajstić information content (AvgIpc) is 3.37. The quantitative estimate of drug-likeness (QED) is 0.497. The van der Waals surface area contributed by atoms with Gasteiger partial charge in [-0.25, -0.2) is 24.4 Å². The smallest absolute Gasteiger partial charge is 0.249 e. The topological polar surface area (TPSA) is 113 Å². The van der Waals surface area contributed by atoms with Gasteiger partial charge < -0.3 is 9.32 Å². The highest BCUT2D eigenvalue weighted by molar-refractivity contribution is 5.78. The Hall–Kier alpha value is -3.34. The third kappa shape index (κ3) is 3.88. The van der Waals surface area contributed by atoms with E-state index in [0.717, 1.165) is 11.8 Å². The summed E-state index contributed by atoms with van der Waals surface area (Å²) in [5.74, 6) is -0.397. The van der Waals surface area contributed by atoms with E-state index in [1.165, 1.54) is 12.6 Å².